The minimum absolute atomic E-state index is 0.0162. The first-order valence-electron chi connectivity index (χ1n) is 10.2. The van der Waals surface area contributed by atoms with Gasteiger partial charge < -0.3 is 16.0 Å². The Balaban J connectivity index is 1.40. The smallest absolute Gasteiger partial charge is 0.242 e. The fourth-order valence-corrected chi connectivity index (χ4v) is 4.35. The highest BCUT2D eigenvalue weighted by molar-refractivity contribution is 6.30. The molecular formula is C22H26ClN5O2. The molecule has 4 rings (SSSR count). The Bertz CT molecular complexity index is 929. The van der Waals surface area contributed by atoms with Crippen LogP contribution in [0.25, 0.3) is 0 Å². The Morgan fingerprint density at radius 3 is 2.57 bits per heavy atom. The van der Waals surface area contributed by atoms with Crippen molar-refractivity contribution in [2.75, 3.05) is 23.3 Å². The van der Waals surface area contributed by atoms with Crippen LogP contribution in [0.2, 0.25) is 5.02 Å². The van der Waals surface area contributed by atoms with Crippen molar-refractivity contribution in [3.8, 4) is 0 Å². The molecule has 2 fully saturated rings. The molecule has 0 aromatic heterocycles. The monoisotopic (exact) mass is 427 g/mol. The zero-order valence-corrected chi connectivity index (χ0v) is 17.4. The third kappa shape index (κ3) is 4.59. The molecule has 0 spiro atoms. The SMILES string of the molecule is NC(=O)C1CCN(c2ccccc2NC(=O)C2CC(c3cccc(Cl)c3)NN2)CC1. The normalized spacial score (nSPS) is 22.1. The van der Waals surface area contributed by atoms with Crippen LogP contribution in [0.5, 0.6) is 0 Å². The minimum Gasteiger partial charge on any atom is -0.370 e. The van der Waals surface area contributed by atoms with Gasteiger partial charge >= 0.3 is 0 Å². The van der Waals surface area contributed by atoms with Gasteiger partial charge in [-0.1, -0.05) is 35.9 Å². The molecule has 2 aromatic rings. The first-order chi connectivity index (χ1) is 14.5. The number of benzene rings is 2. The van der Waals surface area contributed by atoms with E-state index in [1.165, 1.54) is 0 Å². The van der Waals surface area contributed by atoms with Crippen molar-refractivity contribution in [3.05, 3.63) is 59.1 Å². The Kier molecular flexibility index (Phi) is 6.22. The van der Waals surface area contributed by atoms with E-state index in [0.29, 0.717) is 11.4 Å². The molecule has 2 atom stereocenters. The predicted molar refractivity (Wildman–Crippen MR) is 118 cm³/mol. The van der Waals surface area contributed by atoms with Crippen molar-refractivity contribution in [2.45, 2.75) is 31.3 Å². The van der Waals surface area contributed by atoms with Crippen LogP contribution in [0.3, 0.4) is 0 Å². The lowest BCUT2D eigenvalue weighted by Crippen LogP contribution is -2.41. The van der Waals surface area contributed by atoms with E-state index in [4.69, 9.17) is 17.3 Å². The molecule has 2 saturated heterocycles. The van der Waals surface area contributed by atoms with Gasteiger partial charge in [0.1, 0.15) is 6.04 Å². The number of hydrazine groups is 1. The molecule has 30 heavy (non-hydrogen) atoms. The number of nitrogens with zero attached hydrogens (tertiary/aromatic N) is 1. The van der Waals surface area contributed by atoms with Crippen LogP contribution in [0.15, 0.2) is 48.5 Å². The Hall–Kier alpha value is -2.61. The van der Waals surface area contributed by atoms with E-state index < -0.39 is 0 Å². The van der Waals surface area contributed by atoms with Crippen molar-refractivity contribution in [1.82, 2.24) is 10.9 Å². The molecule has 0 bridgehead atoms. The van der Waals surface area contributed by atoms with Crippen molar-refractivity contribution in [1.29, 1.82) is 0 Å². The number of carbonyl (C=O) groups excluding carboxylic acids is 2. The van der Waals surface area contributed by atoms with Crippen molar-refractivity contribution >= 4 is 34.8 Å². The first-order valence-corrected chi connectivity index (χ1v) is 10.6. The summed E-state index contributed by atoms with van der Waals surface area (Å²) in [5, 5.41) is 3.74. The molecule has 2 heterocycles. The largest absolute Gasteiger partial charge is 0.370 e. The lowest BCUT2D eigenvalue weighted by molar-refractivity contribution is -0.122. The van der Waals surface area contributed by atoms with Crippen LogP contribution in [-0.2, 0) is 9.59 Å². The Morgan fingerprint density at radius 2 is 1.83 bits per heavy atom. The molecule has 7 nitrogen and oxygen atoms in total. The van der Waals surface area contributed by atoms with E-state index in [9.17, 15) is 9.59 Å². The number of primary amides is 1. The van der Waals surface area contributed by atoms with Crippen LogP contribution in [0.4, 0.5) is 11.4 Å². The summed E-state index contributed by atoms with van der Waals surface area (Å²) in [4.78, 5) is 26.5. The first kappa shape index (κ1) is 20.7. The highest BCUT2D eigenvalue weighted by atomic mass is 35.5. The molecule has 0 saturated carbocycles. The number of piperidine rings is 1. The summed E-state index contributed by atoms with van der Waals surface area (Å²) in [5.74, 6) is -0.392. The van der Waals surface area contributed by atoms with Crippen molar-refractivity contribution in [3.63, 3.8) is 0 Å². The van der Waals surface area contributed by atoms with Gasteiger partial charge in [-0.15, -0.1) is 0 Å². The lowest BCUT2D eigenvalue weighted by atomic mass is 9.96. The molecule has 158 valence electrons. The molecule has 2 amide bonds. The second kappa shape index (κ2) is 9.04. The van der Waals surface area contributed by atoms with Gasteiger partial charge in [-0.2, -0.15) is 0 Å². The van der Waals surface area contributed by atoms with Crippen LogP contribution < -0.4 is 26.8 Å². The van der Waals surface area contributed by atoms with Crippen LogP contribution in [0, 0.1) is 5.92 Å². The van der Waals surface area contributed by atoms with Crippen LogP contribution in [-0.4, -0.2) is 30.9 Å². The molecule has 2 aliphatic heterocycles. The Morgan fingerprint density at radius 1 is 1.07 bits per heavy atom. The van der Waals surface area contributed by atoms with Crippen LogP contribution >= 0.6 is 11.6 Å². The molecular weight excluding hydrogens is 402 g/mol. The Labute approximate surface area is 180 Å². The maximum Gasteiger partial charge on any atom is 0.242 e. The summed E-state index contributed by atoms with van der Waals surface area (Å²) in [5.41, 5.74) is 14.5. The summed E-state index contributed by atoms with van der Waals surface area (Å²) in [6.07, 6.45) is 2.08. The van der Waals surface area contributed by atoms with E-state index in [1.807, 2.05) is 48.5 Å². The maximum atomic E-state index is 12.9. The standard InChI is InChI=1S/C22H26ClN5O2/c23-16-5-3-4-15(12-16)18-13-19(27-26-18)22(30)25-17-6-1-2-7-20(17)28-10-8-14(9-11-28)21(24)29/h1-7,12,14,18-19,26-27H,8-11,13H2,(H2,24,29)(H,25,30). The highest BCUT2D eigenvalue weighted by Gasteiger charge is 2.31. The predicted octanol–water partition coefficient (Wildman–Crippen LogP) is 2.59. The number of rotatable bonds is 5. The average molecular weight is 428 g/mol. The second-order valence-electron chi connectivity index (χ2n) is 7.85. The molecule has 2 aliphatic rings. The van der Waals surface area contributed by atoms with Gasteiger partial charge in [-0.3, -0.25) is 9.59 Å². The maximum absolute atomic E-state index is 12.9. The number of hydrogen-bond donors (Lipinski definition) is 4. The molecule has 2 unspecified atom stereocenters. The number of halogens is 1. The van der Waals surface area contributed by atoms with Crippen molar-refractivity contribution in [2.24, 2.45) is 11.7 Å². The number of anilines is 2. The van der Waals surface area contributed by atoms with Gasteiger partial charge in [0.2, 0.25) is 11.8 Å². The number of nitrogens with one attached hydrogen (secondary N) is 3. The van der Waals surface area contributed by atoms with Gasteiger partial charge in [-0.25, -0.2) is 10.9 Å². The number of hydrogen-bond acceptors (Lipinski definition) is 5. The van der Waals surface area contributed by atoms with E-state index in [-0.39, 0.29) is 29.8 Å². The summed E-state index contributed by atoms with van der Waals surface area (Å²) in [6.45, 7) is 1.47. The average Bonchev–Trinajstić information content (AvgIpc) is 3.25. The third-order valence-corrected chi connectivity index (χ3v) is 6.11. The fraction of sp³-hybridized carbons (Fsp3) is 0.364. The van der Waals surface area contributed by atoms with E-state index >= 15 is 0 Å². The fourth-order valence-electron chi connectivity index (χ4n) is 4.15. The van der Waals surface area contributed by atoms with E-state index in [1.54, 1.807) is 0 Å². The van der Waals surface area contributed by atoms with E-state index in [2.05, 4.69) is 21.1 Å². The van der Waals surface area contributed by atoms with Gasteiger partial charge in [0.05, 0.1) is 11.4 Å². The van der Waals surface area contributed by atoms with Gasteiger partial charge in [0.15, 0.2) is 0 Å². The third-order valence-electron chi connectivity index (χ3n) is 5.87. The minimum atomic E-state index is -0.359. The number of nitrogens with two attached hydrogens (primary N) is 1. The molecule has 5 N–H and O–H groups in total. The summed E-state index contributed by atoms with van der Waals surface area (Å²) in [6, 6.07) is 15.1. The second-order valence-corrected chi connectivity index (χ2v) is 8.29. The molecule has 0 radical (unpaired) electrons. The van der Waals surface area contributed by atoms with Gasteiger partial charge in [0.25, 0.3) is 0 Å². The topological polar surface area (TPSA) is 99.5 Å². The van der Waals surface area contributed by atoms with Gasteiger partial charge in [-0.05, 0) is 49.1 Å². The summed E-state index contributed by atoms with van der Waals surface area (Å²) < 4.78 is 0. The molecule has 2 aromatic carbocycles. The molecule has 0 aliphatic carbocycles. The van der Waals surface area contributed by atoms with E-state index in [0.717, 1.165) is 42.9 Å². The number of para-hydroxylation sites is 2. The number of carbonyl (C=O) groups is 2. The van der Waals surface area contributed by atoms with Crippen LogP contribution in [0.1, 0.15) is 30.9 Å². The zero-order chi connectivity index (χ0) is 21.1. The highest BCUT2D eigenvalue weighted by Crippen LogP contribution is 2.31. The molecule has 8 heteroatoms. The number of amides is 2. The lowest BCUT2D eigenvalue weighted by Gasteiger charge is -2.33. The zero-order valence-electron chi connectivity index (χ0n) is 16.6. The van der Waals surface area contributed by atoms with Gasteiger partial charge in [0, 0.05) is 30.1 Å². The summed E-state index contributed by atoms with van der Waals surface area (Å²) >= 11 is 6.09. The quantitative estimate of drug-likeness (QED) is 0.587. The summed E-state index contributed by atoms with van der Waals surface area (Å²) in [7, 11) is 0. The van der Waals surface area contributed by atoms with Crippen molar-refractivity contribution < 1.29 is 9.59 Å².